The highest BCUT2D eigenvalue weighted by Gasteiger charge is 2.52. The third-order valence-corrected chi connectivity index (χ3v) is 2.84. The summed E-state index contributed by atoms with van der Waals surface area (Å²) >= 11 is 0. The number of rotatable bonds is 4. The molecular weight excluding hydrogens is 278 g/mol. The van der Waals surface area contributed by atoms with Gasteiger partial charge >= 0.3 is 18.0 Å². The molecule has 0 bridgehead atoms. The van der Waals surface area contributed by atoms with Crippen molar-refractivity contribution in [2.75, 3.05) is 13.2 Å². The summed E-state index contributed by atoms with van der Waals surface area (Å²) in [6.45, 7) is 8.91. The van der Waals surface area contributed by atoms with Crippen LogP contribution in [-0.4, -0.2) is 53.8 Å². The van der Waals surface area contributed by atoms with Crippen LogP contribution < -0.4 is 0 Å². The molecule has 1 aliphatic heterocycles. The molecule has 120 valence electrons. The molecule has 0 aromatic heterocycles. The van der Waals surface area contributed by atoms with E-state index in [1.165, 1.54) is 0 Å². The highest BCUT2D eigenvalue weighted by atomic mass is 16.6. The highest BCUT2D eigenvalue weighted by Crippen LogP contribution is 2.30. The maximum atomic E-state index is 12.2. The molecule has 0 aromatic carbocycles. The van der Waals surface area contributed by atoms with Crippen molar-refractivity contribution >= 4 is 18.0 Å². The van der Waals surface area contributed by atoms with Crippen LogP contribution in [0, 0.1) is 0 Å². The zero-order chi connectivity index (χ0) is 16.2. The monoisotopic (exact) mass is 301 g/mol. The number of carbonyl (C=O) groups is 3. The van der Waals surface area contributed by atoms with E-state index in [1.54, 1.807) is 34.6 Å². The first-order chi connectivity index (χ1) is 9.71. The lowest BCUT2D eigenvalue weighted by molar-refractivity contribution is -0.168. The summed E-state index contributed by atoms with van der Waals surface area (Å²) in [6, 6.07) is -1.59. The smallest absolute Gasteiger partial charge is 0.411 e. The zero-order valence-corrected chi connectivity index (χ0v) is 13.2. The fourth-order valence-electron chi connectivity index (χ4n) is 1.98. The van der Waals surface area contributed by atoms with Crippen molar-refractivity contribution < 1.29 is 28.6 Å². The molecule has 0 unspecified atom stereocenters. The second-order valence-corrected chi connectivity index (χ2v) is 5.66. The van der Waals surface area contributed by atoms with Gasteiger partial charge in [0.2, 0.25) is 0 Å². The van der Waals surface area contributed by atoms with Crippen LogP contribution in [0.5, 0.6) is 0 Å². The quantitative estimate of drug-likeness (QED) is 0.578. The van der Waals surface area contributed by atoms with Gasteiger partial charge in [0.25, 0.3) is 0 Å². The lowest BCUT2D eigenvalue weighted by Crippen LogP contribution is -2.65. The maximum Gasteiger partial charge on any atom is 0.411 e. The van der Waals surface area contributed by atoms with Gasteiger partial charge < -0.3 is 14.2 Å². The molecule has 2 atom stereocenters. The third kappa shape index (κ3) is 4.34. The number of amides is 1. The Kier molecular flexibility index (Phi) is 5.57. The average molecular weight is 301 g/mol. The molecule has 1 heterocycles. The van der Waals surface area contributed by atoms with Gasteiger partial charge in [0.05, 0.1) is 13.2 Å². The molecule has 0 aromatic rings. The molecule has 0 radical (unpaired) electrons. The topological polar surface area (TPSA) is 82.1 Å². The lowest BCUT2D eigenvalue weighted by atomic mass is 9.93. The summed E-state index contributed by atoms with van der Waals surface area (Å²) in [5.74, 6) is -1.08. The van der Waals surface area contributed by atoms with Gasteiger partial charge in [-0.05, 0) is 34.6 Å². The summed E-state index contributed by atoms with van der Waals surface area (Å²) < 4.78 is 15.0. The van der Waals surface area contributed by atoms with Crippen LogP contribution in [0.4, 0.5) is 4.79 Å². The Bertz CT molecular complexity index is 390. The number of esters is 2. The van der Waals surface area contributed by atoms with Gasteiger partial charge in [-0.3, -0.25) is 4.90 Å². The van der Waals surface area contributed by atoms with Gasteiger partial charge in [-0.1, -0.05) is 0 Å². The van der Waals surface area contributed by atoms with Crippen molar-refractivity contribution in [2.45, 2.75) is 58.7 Å². The number of likely N-dealkylation sites (tertiary alicyclic amines) is 1. The third-order valence-electron chi connectivity index (χ3n) is 2.84. The van der Waals surface area contributed by atoms with Crippen LogP contribution in [0.25, 0.3) is 0 Å². The predicted octanol–water partition coefficient (Wildman–Crippen LogP) is 1.49. The van der Waals surface area contributed by atoms with Crippen molar-refractivity contribution in [1.29, 1.82) is 0 Å². The maximum absolute atomic E-state index is 12.2. The van der Waals surface area contributed by atoms with E-state index in [-0.39, 0.29) is 19.6 Å². The molecule has 0 aliphatic carbocycles. The Morgan fingerprint density at radius 3 is 1.76 bits per heavy atom. The van der Waals surface area contributed by atoms with Gasteiger partial charge in [-0.25, -0.2) is 14.4 Å². The minimum atomic E-state index is -0.797. The SMILES string of the molecule is CCOC(=O)[C@H]1C[C@H](C(=O)OCC)N1C(=O)OC(C)(C)C. The standard InChI is InChI=1S/C14H23NO6/c1-6-19-11(16)9-8-10(12(17)20-7-2)15(9)13(18)21-14(3,4)5/h9-10H,6-8H2,1-5H3/t9-,10-/m1/s1. The van der Waals surface area contributed by atoms with Crippen LogP contribution in [-0.2, 0) is 23.8 Å². The summed E-state index contributed by atoms with van der Waals surface area (Å²) in [5, 5.41) is 0. The van der Waals surface area contributed by atoms with E-state index >= 15 is 0 Å². The first-order valence-corrected chi connectivity index (χ1v) is 7.05. The molecule has 1 rings (SSSR count). The number of carbonyl (C=O) groups excluding carboxylic acids is 3. The second kappa shape index (κ2) is 6.78. The molecule has 1 saturated heterocycles. The first kappa shape index (κ1) is 17.3. The Hall–Kier alpha value is -1.79. The van der Waals surface area contributed by atoms with E-state index < -0.39 is 35.7 Å². The minimum absolute atomic E-state index is 0.191. The predicted molar refractivity (Wildman–Crippen MR) is 73.5 cm³/mol. The van der Waals surface area contributed by atoms with Crippen molar-refractivity contribution in [3.8, 4) is 0 Å². The van der Waals surface area contributed by atoms with E-state index in [1.807, 2.05) is 0 Å². The molecule has 7 heteroatoms. The van der Waals surface area contributed by atoms with Gasteiger partial charge in [0.15, 0.2) is 0 Å². The molecule has 1 fully saturated rings. The van der Waals surface area contributed by atoms with Gasteiger partial charge in [-0.2, -0.15) is 0 Å². The second-order valence-electron chi connectivity index (χ2n) is 5.66. The van der Waals surface area contributed by atoms with Crippen LogP contribution in [0.15, 0.2) is 0 Å². The van der Waals surface area contributed by atoms with Crippen molar-refractivity contribution in [3.05, 3.63) is 0 Å². The number of ether oxygens (including phenoxy) is 3. The van der Waals surface area contributed by atoms with Crippen molar-refractivity contribution in [3.63, 3.8) is 0 Å². The molecule has 0 saturated carbocycles. The fraction of sp³-hybridized carbons (Fsp3) is 0.786. The summed E-state index contributed by atoms with van der Waals surface area (Å²) in [5.41, 5.74) is -0.717. The average Bonchev–Trinajstić information content (AvgIpc) is 2.25. The van der Waals surface area contributed by atoms with E-state index in [2.05, 4.69) is 0 Å². The van der Waals surface area contributed by atoms with Gasteiger partial charge in [-0.15, -0.1) is 0 Å². The fourth-order valence-corrected chi connectivity index (χ4v) is 1.98. The summed E-state index contributed by atoms with van der Waals surface area (Å²) in [7, 11) is 0. The Morgan fingerprint density at radius 1 is 1.00 bits per heavy atom. The largest absolute Gasteiger partial charge is 0.464 e. The van der Waals surface area contributed by atoms with Crippen LogP contribution in [0.3, 0.4) is 0 Å². The Balaban J connectivity index is 2.83. The Morgan fingerprint density at radius 2 is 1.43 bits per heavy atom. The normalized spacial score (nSPS) is 21.3. The molecule has 21 heavy (non-hydrogen) atoms. The first-order valence-electron chi connectivity index (χ1n) is 7.05. The molecule has 1 amide bonds. The van der Waals surface area contributed by atoms with Crippen LogP contribution in [0.2, 0.25) is 0 Å². The Labute approximate surface area is 124 Å². The lowest BCUT2D eigenvalue weighted by Gasteiger charge is -2.44. The van der Waals surface area contributed by atoms with E-state index in [9.17, 15) is 14.4 Å². The molecule has 7 nitrogen and oxygen atoms in total. The van der Waals surface area contributed by atoms with Gasteiger partial charge in [0, 0.05) is 6.42 Å². The number of hydrogen-bond donors (Lipinski definition) is 0. The molecule has 0 N–H and O–H groups in total. The van der Waals surface area contributed by atoms with E-state index in [0.29, 0.717) is 0 Å². The van der Waals surface area contributed by atoms with E-state index in [4.69, 9.17) is 14.2 Å². The van der Waals surface area contributed by atoms with E-state index in [0.717, 1.165) is 4.90 Å². The number of hydrogen-bond acceptors (Lipinski definition) is 6. The summed E-state index contributed by atoms with van der Waals surface area (Å²) in [4.78, 5) is 36.9. The van der Waals surface area contributed by atoms with Crippen LogP contribution >= 0.6 is 0 Å². The molecular formula is C14H23NO6. The highest BCUT2D eigenvalue weighted by molar-refractivity contribution is 5.91. The zero-order valence-electron chi connectivity index (χ0n) is 13.2. The molecule has 1 aliphatic rings. The summed E-state index contributed by atoms with van der Waals surface area (Å²) in [6.07, 6.45) is -0.526. The van der Waals surface area contributed by atoms with Crippen LogP contribution in [0.1, 0.15) is 41.0 Å². The van der Waals surface area contributed by atoms with Crippen molar-refractivity contribution in [1.82, 2.24) is 4.90 Å². The molecule has 0 spiro atoms. The van der Waals surface area contributed by atoms with Gasteiger partial charge in [0.1, 0.15) is 17.7 Å². The minimum Gasteiger partial charge on any atom is -0.464 e. The van der Waals surface area contributed by atoms with Crippen molar-refractivity contribution in [2.24, 2.45) is 0 Å². The number of nitrogens with zero attached hydrogens (tertiary/aromatic N) is 1.